The predicted molar refractivity (Wildman–Crippen MR) is 80.1 cm³/mol. The number of hydrogen-bond donors (Lipinski definition) is 1. The maximum Gasteiger partial charge on any atom is 0.123 e. The van der Waals surface area contributed by atoms with Crippen LogP contribution in [0.2, 0.25) is 0 Å². The van der Waals surface area contributed by atoms with Crippen molar-refractivity contribution in [3.8, 4) is 0 Å². The molecule has 3 rings (SSSR count). The standard InChI is InChI=1S/C17H21FN2O/c1-20(11-13-2-4-14(18)5-3-13)12-17-9-8-16(21-17)10-19-15-6-7-15/h2-5,8-9,15,19H,6-7,10-12H2,1H3. The summed E-state index contributed by atoms with van der Waals surface area (Å²) < 4.78 is 18.7. The van der Waals surface area contributed by atoms with Crippen molar-refractivity contribution in [1.82, 2.24) is 10.2 Å². The molecule has 0 bridgehead atoms. The molecule has 0 aliphatic heterocycles. The molecule has 3 nitrogen and oxygen atoms in total. The molecular formula is C17H21FN2O. The van der Waals surface area contributed by atoms with Crippen LogP contribution in [0.15, 0.2) is 40.8 Å². The third kappa shape index (κ3) is 4.41. The van der Waals surface area contributed by atoms with E-state index in [0.29, 0.717) is 6.04 Å². The van der Waals surface area contributed by atoms with Crippen molar-refractivity contribution in [3.05, 3.63) is 59.3 Å². The van der Waals surface area contributed by atoms with Gasteiger partial charge in [0, 0.05) is 12.6 Å². The van der Waals surface area contributed by atoms with Crippen LogP contribution in [0.3, 0.4) is 0 Å². The maximum atomic E-state index is 12.9. The molecule has 1 aromatic heterocycles. The van der Waals surface area contributed by atoms with Gasteiger partial charge in [-0.2, -0.15) is 0 Å². The largest absolute Gasteiger partial charge is 0.463 e. The molecular weight excluding hydrogens is 267 g/mol. The summed E-state index contributed by atoms with van der Waals surface area (Å²) in [5, 5.41) is 3.44. The van der Waals surface area contributed by atoms with Gasteiger partial charge in [-0.15, -0.1) is 0 Å². The van der Waals surface area contributed by atoms with Crippen molar-refractivity contribution >= 4 is 0 Å². The van der Waals surface area contributed by atoms with Crippen LogP contribution >= 0.6 is 0 Å². The Morgan fingerprint density at radius 1 is 1.10 bits per heavy atom. The van der Waals surface area contributed by atoms with E-state index < -0.39 is 0 Å². The maximum absolute atomic E-state index is 12.9. The molecule has 0 radical (unpaired) electrons. The average molecular weight is 288 g/mol. The molecule has 0 saturated heterocycles. The minimum Gasteiger partial charge on any atom is -0.463 e. The van der Waals surface area contributed by atoms with E-state index in [2.05, 4.69) is 10.2 Å². The first-order chi connectivity index (χ1) is 10.2. The van der Waals surface area contributed by atoms with Crippen LogP contribution in [-0.2, 0) is 19.6 Å². The smallest absolute Gasteiger partial charge is 0.123 e. The van der Waals surface area contributed by atoms with E-state index in [0.717, 1.165) is 36.7 Å². The molecule has 0 spiro atoms. The Hall–Kier alpha value is -1.65. The summed E-state index contributed by atoms with van der Waals surface area (Å²) in [5.74, 6) is 1.76. The van der Waals surface area contributed by atoms with Crippen LogP contribution in [0.1, 0.15) is 29.9 Å². The zero-order valence-electron chi connectivity index (χ0n) is 12.3. The summed E-state index contributed by atoms with van der Waals surface area (Å²) in [4.78, 5) is 2.16. The van der Waals surface area contributed by atoms with Gasteiger partial charge in [0.15, 0.2) is 0 Å². The van der Waals surface area contributed by atoms with Gasteiger partial charge in [0.05, 0.1) is 13.1 Å². The Bertz CT molecular complexity index is 575. The van der Waals surface area contributed by atoms with Gasteiger partial charge in [0.2, 0.25) is 0 Å². The highest BCUT2D eigenvalue weighted by Gasteiger charge is 2.20. The van der Waals surface area contributed by atoms with Crippen molar-refractivity contribution in [3.63, 3.8) is 0 Å². The first-order valence-corrected chi connectivity index (χ1v) is 7.43. The summed E-state index contributed by atoms with van der Waals surface area (Å²) >= 11 is 0. The van der Waals surface area contributed by atoms with E-state index in [4.69, 9.17) is 4.42 Å². The highest BCUT2D eigenvalue weighted by molar-refractivity contribution is 5.16. The van der Waals surface area contributed by atoms with Gasteiger partial charge in [0.1, 0.15) is 17.3 Å². The van der Waals surface area contributed by atoms with Crippen LogP contribution < -0.4 is 5.32 Å². The third-order valence-electron chi connectivity index (χ3n) is 3.65. The lowest BCUT2D eigenvalue weighted by Crippen LogP contribution is -2.17. The SMILES string of the molecule is CN(Cc1ccc(F)cc1)Cc1ccc(CNC2CC2)o1. The number of halogens is 1. The monoisotopic (exact) mass is 288 g/mol. The summed E-state index contributed by atoms with van der Waals surface area (Å²) in [5.41, 5.74) is 1.10. The number of hydrogen-bond acceptors (Lipinski definition) is 3. The highest BCUT2D eigenvalue weighted by Crippen LogP contribution is 2.20. The second-order valence-electron chi connectivity index (χ2n) is 5.82. The molecule has 1 heterocycles. The number of benzene rings is 1. The van der Waals surface area contributed by atoms with Gasteiger partial charge in [0.25, 0.3) is 0 Å². The van der Waals surface area contributed by atoms with Crippen molar-refractivity contribution in [2.75, 3.05) is 7.05 Å². The number of nitrogens with zero attached hydrogens (tertiary/aromatic N) is 1. The fourth-order valence-electron chi connectivity index (χ4n) is 2.36. The Morgan fingerprint density at radius 2 is 1.81 bits per heavy atom. The lowest BCUT2D eigenvalue weighted by Gasteiger charge is -2.15. The first kappa shape index (κ1) is 14.3. The van der Waals surface area contributed by atoms with Crippen molar-refractivity contribution in [1.29, 1.82) is 0 Å². The average Bonchev–Trinajstić information content (AvgIpc) is 3.19. The molecule has 1 aromatic carbocycles. The van der Waals surface area contributed by atoms with E-state index in [1.165, 1.54) is 25.0 Å². The Kier molecular flexibility index (Phi) is 4.36. The molecule has 112 valence electrons. The quantitative estimate of drug-likeness (QED) is 0.847. The van der Waals surface area contributed by atoms with Gasteiger partial charge < -0.3 is 9.73 Å². The van der Waals surface area contributed by atoms with E-state index in [9.17, 15) is 4.39 Å². The molecule has 0 atom stereocenters. The first-order valence-electron chi connectivity index (χ1n) is 7.43. The molecule has 0 amide bonds. The fraction of sp³-hybridized carbons (Fsp3) is 0.412. The molecule has 2 aromatic rings. The minimum atomic E-state index is -0.194. The molecule has 1 saturated carbocycles. The van der Waals surface area contributed by atoms with Gasteiger partial charge >= 0.3 is 0 Å². The highest BCUT2D eigenvalue weighted by atomic mass is 19.1. The summed E-state index contributed by atoms with van der Waals surface area (Å²) in [6.07, 6.45) is 2.57. The molecule has 4 heteroatoms. The number of rotatable bonds is 7. The third-order valence-corrected chi connectivity index (χ3v) is 3.65. The lowest BCUT2D eigenvalue weighted by molar-refractivity contribution is 0.282. The molecule has 1 fully saturated rings. The number of furan rings is 1. The normalized spacial score (nSPS) is 14.8. The molecule has 1 N–H and O–H groups in total. The van der Waals surface area contributed by atoms with Crippen molar-refractivity contribution < 1.29 is 8.81 Å². The molecule has 1 aliphatic rings. The second-order valence-corrected chi connectivity index (χ2v) is 5.82. The van der Waals surface area contributed by atoms with Gasteiger partial charge in [-0.1, -0.05) is 12.1 Å². The van der Waals surface area contributed by atoms with Crippen LogP contribution in [0.25, 0.3) is 0 Å². The van der Waals surface area contributed by atoms with E-state index in [1.54, 1.807) is 0 Å². The van der Waals surface area contributed by atoms with Gasteiger partial charge in [-0.3, -0.25) is 4.90 Å². The minimum absolute atomic E-state index is 0.194. The lowest BCUT2D eigenvalue weighted by atomic mass is 10.2. The van der Waals surface area contributed by atoms with Crippen LogP contribution in [0, 0.1) is 5.82 Å². The summed E-state index contributed by atoms with van der Waals surface area (Å²) in [6.45, 7) is 2.34. The number of nitrogens with one attached hydrogen (secondary N) is 1. The fourth-order valence-corrected chi connectivity index (χ4v) is 2.36. The Morgan fingerprint density at radius 3 is 2.52 bits per heavy atom. The molecule has 0 unspecified atom stereocenters. The van der Waals surface area contributed by atoms with E-state index in [-0.39, 0.29) is 5.82 Å². The summed E-state index contributed by atoms with van der Waals surface area (Å²) in [7, 11) is 2.04. The van der Waals surface area contributed by atoms with Crippen LogP contribution in [0.5, 0.6) is 0 Å². The zero-order chi connectivity index (χ0) is 14.7. The molecule has 21 heavy (non-hydrogen) atoms. The van der Waals surface area contributed by atoms with Gasteiger partial charge in [-0.25, -0.2) is 4.39 Å². The van der Waals surface area contributed by atoms with E-state index in [1.807, 2.05) is 31.3 Å². The van der Waals surface area contributed by atoms with Crippen LogP contribution in [-0.4, -0.2) is 18.0 Å². The van der Waals surface area contributed by atoms with Gasteiger partial charge in [-0.05, 0) is 49.7 Å². The van der Waals surface area contributed by atoms with Crippen molar-refractivity contribution in [2.24, 2.45) is 0 Å². The zero-order valence-corrected chi connectivity index (χ0v) is 12.3. The Labute approximate surface area is 124 Å². The van der Waals surface area contributed by atoms with Crippen molar-refractivity contribution in [2.45, 2.75) is 38.5 Å². The predicted octanol–water partition coefficient (Wildman–Crippen LogP) is 3.30. The topological polar surface area (TPSA) is 28.4 Å². The second kappa shape index (κ2) is 6.41. The Balaban J connectivity index is 1.49. The summed E-state index contributed by atoms with van der Waals surface area (Å²) in [6, 6.07) is 11.4. The van der Waals surface area contributed by atoms with E-state index >= 15 is 0 Å². The molecule has 1 aliphatic carbocycles. The van der Waals surface area contributed by atoms with Crippen LogP contribution in [0.4, 0.5) is 4.39 Å².